The van der Waals surface area contributed by atoms with E-state index in [0.29, 0.717) is 24.7 Å². The van der Waals surface area contributed by atoms with E-state index in [2.05, 4.69) is 20.3 Å². The lowest BCUT2D eigenvalue weighted by molar-refractivity contribution is 0.0946. The Labute approximate surface area is 161 Å². The lowest BCUT2D eigenvalue weighted by Gasteiger charge is -2.18. The molecule has 0 aliphatic heterocycles. The second kappa shape index (κ2) is 8.98. The highest BCUT2D eigenvalue weighted by Crippen LogP contribution is 2.26. The molecule has 0 spiro atoms. The van der Waals surface area contributed by atoms with E-state index in [9.17, 15) is 9.90 Å². The molecular formula is C19H22N4O3S. The van der Waals surface area contributed by atoms with Crippen molar-refractivity contribution in [1.82, 2.24) is 15.0 Å². The summed E-state index contributed by atoms with van der Waals surface area (Å²) in [6, 6.07) is 5.48. The molecule has 0 aliphatic rings. The summed E-state index contributed by atoms with van der Waals surface area (Å²) >= 11 is 1.44. The number of hydrogen-bond acceptors (Lipinski definition) is 8. The highest BCUT2D eigenvalue weighted by atomic mass is 32.1. The van der Waals surface area contributed by atoms with Crippen LogP contribution in [0.25, 0.3) is 10.2 Å². The van der Waals surface area contributed by atoms with Crippen LogP contribution < -0.4 is 5.32 Å². The van der Waals surface area contributed by atoms with E-state index in [1.807, 2.05) is 23.6 Å². The van der Waals surface area contributed by atoms with E-state index >= 15 is 0 Å². The van der Waals surface area contributed by atoms with Crippen LogP contribution in [-0.2, 0) is 4.74 Å². The number of aliphatic hydroxyl groups excluding tert-OH is 1. The van der Waals surface area contributed by atoms with Crippen molar-refractivity contribution in [1.29, 1.82) is 0 Å². The van der Waals surface area contributed by atoms with Gasteiger partial charge in [-0.15, -0.1) is 11.3 Å². The highest BCUT2D eigenvalue weighted by molar-refractivity contribution is 7.17. The van der Waals surface area contributed by atoms with Crippen molar-refractivity contribution in [2.75, 3.05) is 19.0 Å². The summed E-state index contributed by atoms with van der Waals surface area (Å²) in [5.41, 5.74) is 2.05. The molecule has 7 nitrogen and oxygen atoms in total. The summed E-state index contributed by atoms with van der Waals surface area (Å²) in [6.07, 6.45) is 3.59. The van der Waals surface area contributed by atoms with Gasteiger partial charge in [0.15, 0.2) is 5.78 Å². The zero-order valence-electron chi connectivity index (χ0n) is 15.3. The van der Waals surface area contributed by atoms with Gasteiger partial charge in [0.1, 0.15) is 5.69 Å². The fourth-order valence-corrected chi connectivity index (χ4v) is 3.54. The van der Waals surface area contributed by atoms with Gasteiger partial charge in [0, 0.05) is 25.9 Å². The van der Waals surface area contributed by atoms with Crippen molar-refractivity contribution >= 4 is 33.3 Å². The van der Waals surface area contributed by atoms with Crippen molar-refractivity contribution < 1.29 is 14.6 Å². The number of aromatic nitrogens is 3. The van der Waals surface area contributed by atoms with Crippen molar-refractivity contribution in [2.45, 2.75) is 31.9 Å². The maximum atomic E-state index is 12.6. The summed E-state index contributed by atoms with van der Waals surface area (Å²) in [5.74, 6) is 0.269. The molecule has 3 heterocycles. The van der Waals surface area contributed by atoms with E-state index in [0.717, 1.165) is 15.8 Å². The molecule has 0 bridgehead atoms. The molecule has 0 aromatic carbocycles. The first kappa shape index (κ1) is 19.3. The second-order valence-corrected chi connectivity index (χ2v) is 7.20. The first-order valence-electron chi connectivity index (χ1n) is 8.70. The number of ketones is 1. The Morgan fingerprint density at radius 1 is 1.37 bits per heavy atom. The zero-order valence-corrected chi connectivity index (χ0v) is 16.1. The summed E-state index contributed by atoms with van der Waals surface area (Å²) in [7, 11) is 1.62. The summed E-state index contributed by atoms with van der Waals surface area (Å²) in [4.78, 5) is 25.8. The molecule has 3 rings (SSSR count). The first-order chi connectivity index (χ1) is 13.1. The van der Waals surface area contributed by atoms with Crippen molar-refractivity contribution in [3.63, 3.8) is 0 Å². The number of nitrogens with one attached hydrogen (secondary N) is 1. The molecule has 2 N–H and O–H groups in total. The fraction of sp³-hybridized carbons (Fsp3) is 0.368. The quantitative estimate of drug-likeness (QED) is 0.545. The third-order valence-electron chi connectivity index (χ3n) is 4.08. The number of fused-ring (bicyclic) bond motifs is 1. The molecule has 142 valence electrons. The zero-order chi connectivity index (χ0) is 19.2. The Kier molecular flexibility index (Phi) is 6.44. The molecule has 27 heavy (non-hydrogen) atoms. The second-order valence-electron chi connectivity index (χ2n) is 6.28. The smallest absolute Gasteiger partial charge is 0.224 e. The maximum Gasteiger partial charge on any atom is 0.224 e. The number of aliphatic hydroxyl groups is 1. The van der Waals surface area contributed by atoms with Crippen LogP contribution in [0.4, 0.5) is 5.95 Å². The van der Waals surface area contributed by atoms with Gasteiger partial charge in [-0.1, -0.05) is 6.07 Å². The lowest BCUT2D eigenvalue weighted by atomic mass is 10.1. The van der Waals surface area contributed by atoms with Crippen LogP contribution in [0.3, 0.4) is 0 Å². The van der Waals surface area contributed by atoms with Crippen LogP contribution in [0.1, 0.15) is 41.9 Å². The van der Waals surface area contributed by atoms with Crippen LogP contribution in [-0.4, -0.2) is 45.7 Å². The topological polar surface area (TPSA) is 97.2 Å². The third-order valence-corrected chi connectivity index (χ3v) is 4.99. The average Bonchev–Trinajstić information content (AvgIpc) is 3.14. The molecule has 2 atom stereocenters. The summed E-state index contributed by atoms with van der Waals surface area (Å²) in [6.45, 7) is 2.08. The minimum absolute atomic E-state index is 0.0986. The number of ether oxygens (including phenoxy) is 1. The normalized spacial score (nSPS) is 13.4. The van der Waals surface area contributed by atoms with E-state index < -0.39 is 6.10 Å². The number of rotatable bonds is 9. The number of nitrogens with zero attached hydrogens (tertiary/aromatic N) is 3. The predicted molar refractivity (Wildman–Crippen MR) is 105 cm³/mol. The van der Waals surface area contributed by atoms with Gasteiger partial charge < -0.3 is 15.2 Å². The van der Waals surface area contributed by atoms with Gasteiger partial charge in [0.2, 0.25) is 5.95 Å². The number of carbonyl (C=O) groups is 1. The molecule has 0 unspecified atom stereocenters. The summed E-state index contributed by atoms with van der Waals surface area (Å²) in [5, 5.41) is 14.6. The van der Waals surface area contributed by atoms with Gasteiger partial charge in [-0.3, -0.25) is 9.78 Å². The molecule has 0 saturated heterocycles. The Morgan fingerprint density at radius 2 is 2.22 bits per heavy atom. The number of carbonyl (C=O) groups excluding carboxylic acids is 1. The molecule has 0 aliphatic carbocycles. The van der Waals surface area contributed by atoms with E-state index in [-0.39, 0.29) is 18.2 Å². The molecule has 0 amide bonds. The Morgan fingerprint density at radius 3 is 2.93 bits per heavy atom. The Hall–Kier alpha value is -2.42. The monoisotopic (exact) mass is 386 g/mol. The first-order valence-corrected chi connectivity index (χ1v) is 9.58. The number of thiophene rings is 1. The standard InChI is InChI=1S/C19H22N4O3S/c1-12(24)5-6-16(25)17-18-14(7-9-27-18)21-19(23-17)22-15(11-26-2)13-4-3-8-20-10-13/h3-4,7-10,12,15,24H,5-6,11H2,1-2H3,(H,21,22,23)/t12-,15+/m0/s1. The van der Waals surface area contributed by atoms with Crippen molar-refractivity contribution in [2.24, 2.45) is 0 Å². The Bertz CT molecular complexity index is 898. The molecular weight excluding hydrogens is 364 g/mol. The van der Waals surface area contributed by atoms with Crippen LogP contribution in [0.15, 0.2) is 36.0 Å². The minimum atomic E-state index is -0.524. The van der Waals surface area contributed by atoms with Gasteiger partial charge in [0.25, 0.3) is 0 Å². The van der Waals surface area contributed by atoms with E-state index in [1.165, 1.54) is 11.3 Å². The molecule has 3 aromatic rings. The maximum absolute atomic E-state index is 12.6. The largest absolute Gasteiger partial charge is 0.393 e. The number of anilines is 1. The lowest BCUT2D eigenvalue weighted by Crippen LogP contribution is -2.19. The van der Waals surface area contributed by atoms with Gasteiger partial charge in [-0.25, -0.2) is 9.97 Å². The number of Topliss-reactive ketones (excluding diaryl/α,β-unsaturated/α-hetero) is 1. The van der Waals surface area contributed by atoms with Gasteiger partial charge in [-0.05, 0) is 36.4 Å². The molecule has 8 heteroatoms. The van der Waals surface area contributed by atoms with Crippen molar-refractivity contribution in [3.8, 4) is 0 Å². The summed E-state index contributed by atoms with van der Waals surface area (Å²) < 4.78 is 6.07. The van der Waals surface area contributed by atoms with Gasteiger partial charge in [0.05, 0.1) is 29.0 Å². The number of pyridine rings is 1. The van der Waals surface area contributed by atoms with E-state index in [4.69, 9.17) is 4.74 Å². The molecule has 0 fully saturated rings. The Balaban J connectivity index is 1.91. The molecule has 3 aromatic heterocycles. The third kappa shape index (κ3) is 4.85. The van der Waals surface area contributed by atoms with Crippen LogP contribution in [0.5, 0.6) is 0 Å². The number of methoxy groups -OCH3 is 1. The van der Waals surface area contributed by atoms with Crippen LogP contribution in [0.2, 0.25) is 0 Å². The predicted octanol–water partition coefficient (Wildman–Crippen LogP) is 3.23. The highest BCUT2D eigenvalue weighted by Gasteiger charge is 2.19. The molecule has 0 radical (unpaired) electrons. The SMILES string of the molecule is COC[C@@H](Nc1nc(C(=O)CC[C@H](C)O)c2sccc2n1)c1cccnc1. The average molecular weight is 386 g/mol. The van der Waals surface area contributed by atoms with Crippen molar-refractivity contribution in [3.05, 3.63) is 47.2 Å². The van der Waals surface area contributed by atoms with Crippen LogP contribution in [0, 0.1) is 0 Å². The minimum Gasteiger partial charge on any atom is -0.393 e. The van der Waals surface area contributed by atoms with E-state index in [1.54, 1.807) is 26.4 Å². The fourth-order valence-electron chi connectivity index (χ4n) is 2.70. The van der Waals surface area contributed by atoms with Gasteiger partial charge in [-0.2, -0.15) is 0 Å². The molecule has 0 saturated carbocycles. The van der Waals surface area contributed by atoms with Crippen LogP contribution >= 0.6 is 11.3 Å². The number of hydrogen-bond donors (Lipinski definition) is 2. The van der Waals surface area contributed by atoms with Gasteiger partial charge >= 0.3 is 0 Å².